The number of hydrogen-bond acceptors (Lipinski definition) is 3. The maximum atomic E-state index is 6.20. The molecule has 0 atom stereocenters. The maximum Gasteiger partial charge on any atom is 0.128 e. The van der Waals surface area contributed by atoms with Gasteiger partial charge in [-0.2, -0.15) is 0 Å². The molecule has 0 bridgehead atoms. The molecule has 1 saturated heterocycles. The molecule has 1 aliphatic rings. The van der Waals surface area contributed by atoms with Crippen LogP contribution >= 0.6 is 0 Å². The second kappa shape index (κ2) is 3.81. The number of nitrogens with zero attached hydrogens (tertiary/aromatic N) is 2. The Morgan fingerprint density at radius 1 is 1.47 bits per heavy atom. The largest absolute Gasteiger partial charge is 0.353 e. The molecule has 0 aromatic carbocycles. The second-order valence-corrected chi connectivity index (χ2v) is 4.66. The molecule has 0 spiro atoms. The number of aromatic nitrogens is 1. The normalized spacial score (nSPS) is 18.7. The predicted molar refractivity (Wildman–Crippen MR) is 63.0 cm³/mol. The summed E-state index contributed by atoms with van der Waals surface area (Å²) in [5.74, 6) is 1.05. The van der Waals surface area contributed by atoms with Gasteiger partial charge in [-0.15, -0.1) is 0 Å². The Labute approximate surface area is 91.3 Å². The van der Waals surface area contributed by atoms with E-state index in [2.05, 4.69) is 35.9 Å². The number of pyridine rings is 1. The van der Waals surface area contributed by atoms with E-state index in [9.17, 15) is 0 Å². The molecule has 0 unspecified atom stereocenters. The fourth-order valence-electron chi connectivity index (χ4n) is 2.18. The first-order valence-electron chi connectivity index (χ1n) is 5.59. The quantitative estimate of drug-likeness (QED) is 0.816. The lowest BCUT2D eigenvalue weighted by atomic mass is 9.86. The molecular weight excluding hydrogens is 186 g/mol. The van der Waals surface area contributed by atoms with Crippen LogP contribution in [0.25, 0.3) is 0 Å². The molecule has 0 saturated carbocycles. The minimum Gasteiger partial charge on any atom is -0.353 e. The van der Waals surface area contributed by atoms with E-state index in [1.807, 2.05) is 6.20 Å². The Bertz CT molecular complexity index is 325. The summed E-state index contributed by atoms with van der Waals surface area (Å²) in [6.07, 6.45) is 4.17. The third kappa shape index (κ3) is 2.12. The van der Waals surface area contributed by atoms with Gasteiger partial charge in [0.05, 0.1) is 5.54 Å². The first kappa shape index (κ1) is 10.4. The van der Waals surface area contributed by atoms with Crippen LogP contribution in [0.4, 0.5) is 5.82 Å². The number of aryl methyl sites for hydroxylation is 1. The van der Waals surface area contributed by atoms with E-state index in [0.717, 1.165) is 31.7 Å². The van der Waals surface area contributed by atoms with Crippen molar-refractivity contribution in [1.29, 1.82) is 0 Å². The van der Waals surface area contributed by atoms with Crippen LogP contribution in [0.3, 0.4) is 0 Å². The first-order chi connectivity index (χ1) is 7.13. The van der Waals surface area contributed by atoms with E-state index in [-0.39, 0.29) is 5.54 Å². The average Bonchev–Trinajstić information content (AvgIpc) is 2.16. The summed E-state index contributed by atoms with van der Waals surface area (Å²) in [5.41, 5.74) is 7.43. The van der Waals surface area contributed by atoms with Gasteiger partial charge in [0, 0.05) is 19.3 Å². The summed E-state index contributed by atoms with van der Waals surface area (Å²) in [5, 5.41) is 0. The standard InChI is InChI=1S/C12H19N3/c1-3-6-12(13)8-15(9-12)11-5-4-10(2)7-14-11/h4-5,7H,3,6,8-9,13H2,1-2H3. The van der Waals surface area contributed by atoms with Gasteiger partial charge in [-0.3, -0.25) is 0 Å². The summed E-state index contributed by atoms with van der Waals surface area (Å²) < 4.78 is 0. The van der Waals surface area contributed by atoms with Crippen molar-refractivity contribution in [2.24, 2.45) is 5.73 Å². The highest BCUT2D eigenvalue weighted by atomic mass is 15.3. The van der Waals surface area contributed by atoms with Gasteiger partial charge in [0.1, 0.15) is 5.82 Å². The van der Waals surface area contributed by atoms with E-state index in [1.54, 1.807) is 0 Å². The fraction of sp³-hybridized carbons (Fsp3) is 0.583. The molecule has 15 heavy (non-hydrogen) atoms. The third-order valence-corrected chi connectivity index (χ3v) is 2.98. The van der Waals surface area contributed by atoms with Crippen molar-refractivity contribution in [3.63, 3.8) is 0 Å². The Balaban J connectivity index is 1.97. The van der Waals surface area contributed by atoms with Gasteiger partial charge in [0.15, 0.2) is 0 Å². The zero-order valence-electron chi connectivity index (χ0n) is 9.53. The zero-order chi connectivity index (χ0) is 10.9. The molecule has 0 radical (unpaired) electrons. The molecule has 0 aliphatic carbocycles. The SMILES string of the molecule is CCCC1(N)CN(c2ccc(C)cn2)C1. The van der Waals surface area contributed by atoms with Gasteiger partial charge in [-0.05, 0) is 25.0 Å². The summed E-state index contributed by atoms with van der Waals surface area (Å²) in [6, 6.07) is 4.17. The predicted octanol–water partition coefficient (Wildman–Crippen LogP) is 1.71. The van der Waals surface area contributed by atoms with Crippen LogP contribution < -0.4 is 10.6 Å². The van der Waals surface area contributed by atoms with Gasteiger partial charge in [0.25, 0.3) is 0 Å². The second-order valence-electron chi connectivity index (χ2n) is 4.66. The highest BCUT2D eigenvalue weighted by Crippen LogP contribution is 2.27. The van der Waals surface area contributed by atoms with Gasteiger partial charge in [-0.1, -0.05) is 19.4 Å². The number of rotatable bonds is 3. The summed E-state index contributed by atoms with van der Waals surface area (Å²) in [7, 11) is 0. The monoisotopic (exact) mass is 205 g/mol. The molecule has 2 N–H and O–H groups in total. The smallest absolute Gasteiger partial charge is 0.128 e. The molecular formula is C12H19N3. The lowest BCUT2D eigenvalue weighted by Gasteiger charge is -2.48. The lowest BCUT2D eigenvalue weighted by molar-refractivity contribution is 0.306. The van der Waals surface area contributed by atoms with Gasteiger partial charge < -0.3 is 10.6 Å². The van der Waals surface area contributed by atoms with Gasteiger partial charge in [-0.25, -0.2) is 4.98 Å². The van der Waals surface area contributed by atoms with Crippen LogP contribution in [0.1, 0.15) is 25.3 Å². The van der Waals surface area contributed by atoms with Crippen molar-refractivity contribution in [3.05, 3.63) is 23.9 Å². The van der Waals surface area contributed by atoms with Gasteiger partial charge >= 0.3 is 0 Å². The van der Waals surface area contributed by atoms with Crippen LogP contribution in [0.2, 0.25) is 0 Å². The number of nitrogens with two attached hydrogens (primary N) is 1. The van der Waals surface area contributed by atoms with Crippen molar-refractivity contribution < 1.29 is 0 Å². The minimum absolute atomic E-state index is 0.0291. The highest BCUT2D eigenvalue weighted by Gasteiger charge is 2.38. The molecule has 2 rings (SSSR count). The van der Waals surface area contributed by atoms with Crippen LogP contribution in [-0.2, 0) is 0 Å². The first-order valence-corrected chi connectivity index (χ1v) is 5.59. The van der Waals surface area contributed by atoms with E-state index in [4.69, 9.17) is 5.73 Å². The maximum absolute atomic E-state index is 6.20. The molecule has 1 aliphatic heterocycles. The molecule has 82 valence electrons. The zero-order valence-corrected chi connectivity index (χ0v) is 9.53. The van der Waals surface area contributed by atoms with Gasteiger partial charge in [0.2, 0.25) is 0 Å². The topological polar surface area (TPSA) is 42.1 Å². The Morgan fingerprint density at radius 2 is 2.20 bits per heavy atom. The third-order valence-electron chi connectivity index (χ3n) is 2.98. The van der Waals surface area contributed by atoms with Crippen LogP contribution in [0.5, 0.6) is 0 Å². The lowest BCUT2D eigenvalue weighted by Crippen LogP contribution is -2.67. The van der Waals surface area contributed by atoms with Crippen molar-refractivity contribution >= 4 is 5.82 Å². The van der Waals surface area contributed by atoms with E-state index in [1.165, 1.54) is 5.56 Å². The Morgan fingerprint density at radius 3 is 2.73 bits per heavy atom. The molecule has 1 aromatic heterocycles. The van der Waals surface area contributed by atoms with Crippen LogP contribution in [0.15, 0.2) is 18.3 Å². The fourth-order valence-corrected chi connectivity index (χ4v) is 2.18. The molecule has 2 heterocycles. The van der Waals surface area contributed by atoms with Crippen molar-refractivity contribution in [2.75, 3.05) is 18.0 Å². The molecule has 1 aromatic rings. The van der Waals surface area contributed by atoms with Crippen LogP contribution in [0, 0.1) is 6.92 Å². The average molecular weight is 205 g/mol. The van der Waals surface area contributed by atoms with Crippen molar-refractivity contribution in [3.8, 4) is 0 Å². The summed E-state index contributed by atoms with van der Waals surface area (Å²) in [6.45, 7) is 6.12. The summed E-state index contributed by atoms with van der Waals surface area (Å²) >= 11 is 0. The van der Waals surface area contributed by atoms with E-state index >= 15 is 0 Å². The Hall–Kier alpha value is -1.09. The molecule has 1 fully saturated rings. The minimum atomic E-state index is 0.0291. The van der Waals surface area contributed by atoms with E-state index < -0.39 is 0 Å². The number of hydrogen-bond donors (Lipinski definition) is 1. The number of anilines is 1. The van der Waals surface area contributed by atoms with Crippen molar-refractivity contribution in [1.82, 2.24) is 4.98 Å². The summed E-state index contributed by atoms with van der Waals surface area (Å²) in [4.78, 5) is 6.64. The molecule has 0 amide bonds. The molecule has 3 nitrogen and oxygen atoms in total. The van der Waals surface area contributed by atoms with E-state index in [0.29, 0.717) is 0 Å². The van der Waals surface area contributed by atoms with Crippen molar-refractivity contribution in [2.45, 2.75) is 32.2 Å². The van der Waals surface area contributed by atoms with Crippen LogP contribution in [-0.4, -0.2) is 23.6 Å². The molecule has 3 heteroatoms. The Kier molecular flexibility index (Phi) is 2.65. The highest BCUT2D eigenvalue weighted by molar-refractivity contribution is 5.44.